The molecule has 0 aromatic rings. The normalized spacial score (nSPS) is 38.1. The van der Waals surface area contributed by atoms with E-state index in [2.05, 4.69) is 10.6 Å². The quantitative estimate of drug-likeness (QED) is 0.335. The molecule has 2 rings (SSSR count). The third-order valence-corrected chi connectivity index (χ3v) is 7.26. The molecule has 2 fully saturated rings. The Morgan fingerprint density at radius 2 is 1.97 bits per heavy atom. The van der Waals surface area contributed by atoms with Gasteiger partial charge in [0.1, 0.15) is 29.9 Å². The number of nitrogens with one attached hydrogen (secondary N) is 2. The van der Waals surface area contributed by atoms with E-state index in [1.54, 1.807) is 13.2 Å². The van der Waals surface area contributed by atoms with Gasteiger partial charge in [-0.15, -0.1) is 35.0 Å². The fraction of sp³-hybridized carbons (Fsp3) is 0.947. The maximum Gasteiger partial charge on any atom is 0.237 e. The Hall–Kier alpha value is 0.200. The van der Waals surface area contributed by atoms with E-state index in [4.69, 9.17) is 27.9 Å². The average Bonchev–Trinajstić information content (AvgIpc) is 2.95. The maximum absolute atomic E-state index is 12.9. The zero-order valence-corrected chi connectivity index (χ0v) is 19.3. The first-order valence-electron chi connectivity index (χ1n) is 10.3. The minimum Gasteiger partial charge on any atom is -0.388 e. The SMILES string of the molecule is CS[C@H]1O[C@H]([C@H](NC(=O)[C@@H]2CC[C@H](CCCCl)CCN2)[C@H](C)Cl)[C@H](O)[C@H](O)[C@H]1O. The van der Waals surface area contributed by atoms with Crippen molar-refractivity contribution in [1.29, 1.82) is 0 Å². The molecule has 0 aromatic heterocycles. The van der Waals surface area contributed by atoms with Crippen molar-refractivity contribution in [3.63, 3.8) is 0 Å². The van der Waals surface area contributed by atoms with Crippen molar-refractivity contribution in [2.24, 2.45) is 5.92 Å². The molecule has 5 N–H and O–H groups in total. The van der Waals surface area contributed by atoms with Crippen LogP contribution in [-0.4, -0.2) is 87.2 Å². The summed E-state index contributed by atoms with van der Waals surface area (Å²) in [5.41, 5.74) is -0.716. The molecule has 0 unspecified atom stereocenters. The molecule has 0 bridgehead atoms. The molecule has 0 saturated carbocycles. The van der Waals surface area contributed by atoms with E-state index in [0.29, 0.717) is 18.2 Å². The van der Waals surface area contributed by atoms with Crippen molar-refractivity contribution in [2.45, 2.75) is 86.3 Å². The Kier molecular flexibility index (Phi) is 10.8. The lowest BCUT2D eigenvalue weighted by Gasteiger charge is -2.44. The zero-order valence-electron chi connectivity index (χ0n) is 17.0. The molecule has 0 radical (unpaired) electrons. The van der Waals surface area contributed by atoms with Crippen LogP contribution in [-0.2, 0) is 9.53 Å². The summed E-state index contributed by atoms with van der Waals surface area (Å²) in [6.45, 7) is 2.46. The molecule has 2 aliphatic rings. The number of thioether (sulfide) groups is 1. The molecule has 0 aromatic carbocycles. The Balaban J connectivity index is 2.01. The molecule has 29 heavy (non-hydrogen) atoms. The molecule has 7 nitrogen and oxygen atoms in total. The van der Waals surface area contributed by atoms with Gasteiger partial charge in [0.15, 0.2) is 0 Å². The first-order chi connectivity index (χ1) is 13.8. The number of alkyl halides is 2. The van der Waals surface area contributed by atoms with E-state index in [0.717, 1.165) is 32.2 Å². The van der Waals surface area contributed by atoms with Gasteiger partial charge >= 0.3 is 0 Å². The van der Waals surface area contributed by atoms with Gasteiger partial charge < -0.3 is 30.7 Å². The van der Waals surface area contributed by atoms with E-state index in [1.165, 1.54) is 11.8 Å². The number of carbonyl (C=O) groups is 1. The van der Waals surface area contributed by atoms with E-state index >= 15 is 0 Å². The number of aliphatic hydroxyl groups is 3. The summed E-state index contributed by atoms with van der Waals surface area (Å²) in [5.74, 6) is 1.02. The van der Waals surface area contributed by atoms with Crippen molar-refractivity contribution in [3.8, 4) is 0 Å². The maximum atomic E-state index is 12.9. The molecule has 2 aliphatic heterocycles. The molecule has 10 heteroatoms. The summed E-state index contributed by atoms with van der Waals surface area (Å²) in [5, 5.41) is 36.4. The molecule has 0 aliphatic carbocycles. The highest BCUT2D eigenvalue weighted by Gasteiger charge is 2.48. The highest BCUT2D eigenvalue weighted by atomic mass is 35.5. The monoisotopic (exact) mass is 472 g/mol. The topological polar surface area (TPSA) is 111 Å². The summed E-state index contributed by atoms with van der Waals surface area (Å²) >= 11 is 13.3. The summed E-state index contributed by atoms with van der Waals surface area (Å²) in [4.78, 5) is 12.9. The average molecular weight is 473 g/mol. The molecule has 170 valence electrons. The van der Waals surface area contributed by atoms with E-state index < -0.39 is 41.3 Å². The Bertz CT molecular complexity index is 517. The molecule has 9 atom stereocenters. The van der Waals surface area contributed by atoms with Crippen molar-refractivity contribution in [2.75, 3.05) is 18.7 Å². The number of carbonyl (C=O) groups excluding carboxylic acids is 1. The fourth-order valence-electron chi connectivity index (χ4n) is 4.08. The minimum atomic E-state index is -1.38. The number of ether oxygens (including phenoxy) is 1. The van der Waals surface area contributed by atoms with Crippen LogP contribution in [0.5, 0.6) is 0 Å². The third kappa shape index (κ3) is 6.84. The largest absolute Gasteiger partial charge is 0.388 e. The standard InChI is InChI=1S/C19H34Cl2N2O5S/c1-10(21)13(17-15(25)14(24)16(26)19(28-17)29-2)23-18(27)12-6-5-11(4-3-8-20)7-9-22-12/h10-17,19,22,24-26H,3-9H2,1-2H3,(H,23,27)/t10-,11-,12-,13+,14-,15+,16+,17+,19+/m0/s1. The van der Waals surface area contributed by atoms with Gasteiger partial charge in [0.2, 0.25) is 5.91 Å². The number of hydrogen-bond acceptors (Lipinski definition) is 7. The van der Waals surface area contributed by atoms with Gasteiger partial charge in [-0.2, -0.15) is 0 Å². The smallest absolute Gasteiger partial charge is 0.237 e. The van der Waals surface area contributed by atoms with Gasteiger partial charge in [0.05, 0.1) is 17.5 Å². The number of halogens is 2. The third-order valence-electron chi connectivity index (χ3n) is 5.87. The summed E-state index contributed by atoms with van der Waals surface area (Å²) in [6, 6.07) is -1.06. The van der Waals surface area contributed by atoms with Gasteiger partial charge in [0, 0.05) is 5.88 Å². The predicted molar refractivity (Wildman–Crippen MR) is 117 cm³/mol. The Morgan fingerprint density at radius 1 is 1.24 bits per heavy atom. The second-order valence-corrected chi connectivity index (χ2v) is 9.96. The van der Waals surface area contributed by atoms with Crippen molar-refractivity contribution < 1.29 is 24.9 Å². The summed E-state index contributed by atoms with van der Waals surface area (Å²) < 4.78 is 5.80. The highest BCUT2D eigenvalue weighted by Crippen LogP contribution is 2.30. The van der Waals surface area contributed by atoms with Gasteiger partial charge in [-0.05, 0) is 57.7 Å². The second-order valence-electron chi connectivity index (χ2n) is 7.96. The van der Waals surface area contributed by atoms with Crippen LogP contribution in [0.3, 0.4) is 0 Å². The Labute approximate surface area is 187 Å². The molecule has 0 spiro atoms. The van der Waals surface area contributed by atoms with Crippen LogP contribution in [0.25, 0.3) is 0 Å². The fourth-order valence-corrected chi connectivity index (χ4v) is 5.12. The molecule has 2 saturated heterocycles. The van der Waals surface area contributed by atoms with Gasteiger partial charge in [0.25, 0.3) is 0 Å². The molecule has 1 amide bonds. The lowest BCUT2D eigenvalue weighted by Crippen LogP contribution is -2.65. The van der Waals surface area contributed by atoms with E-state index in [1.807, 2.05) is 0 Å². The first kappa shape index (κ1) is 25.5. The Morgan fingerprint density at radius 3 is 2.59 bits per heavy atom. The molecular weight excluding hydrogens is 439 g/mol. The van der Waals surface area contributed by atoms with Gasteiger partial charge in [-0.25, -0.2) is 0 Å². The van der Waals surface area contributed by atoms with Gasteiger partial charge in [-0.3, -0.25) is 4.79 Å². The van der Waals surface area contributed by atoms with Crippen LogP contribution in [0.4, 0.5) is 0 Å². The molecular formula is C19H34Cl2N2O5S. The predicted octanol–water partition coefficient (Wildman–Crippen LogP) is 1.05. The van der Waals surface area contributed by atoms with Crippen LogP contribution >= 0.6 is 35.0 Å². The van der Waals surface area contributed by atoms with Crippen LogP contribution in [0.2, 0.25) is 0 Å². The van der Waals surface area contributed by atoms with Crippen LogP contribution in [0.15, 0.2) is 0 Å². The van der Waals surface area contributed by atoms with Crippen molar-refractivity contribution >= 4 is 40.9 Å². The lowest BCUT2D eigenvalue weighted by atomic mass is 9.92. The zero-order chi connectivity index (χ0) is 21.6. The van der Waals surface area contributed by atoms with Crippen molar-refractivity contribution in [1.82, 2.24) is 10.6 Å². The van der Waals surface area contributed by atoms with Crippen LogP contribution < -0.4 is 10.6 Å². The van der Waals surface area contributed by atoms with Crippen LogP contribution in [0.1, 0.15) is 39.0 Å². The summed E-state index contributed by atoms with van der Waals surface area (Å²) in [7, 11) is 0. The number of amides is 1. The lowest BCUT2D eigenvalue weighted by molar-refractivity contribution is -0.205. The van der Waals surface area contributed by atoms with Crippen LogP contribution in [0, 0.1) is 5.92 Å². The van der Waals surface area contributed by atoms with Gasteiger partial charge in [-0.1, -0.05) is 0 Å². The number of rotatable bonds is 8. The molecule has 2 heterocycles. The highest BCUT2D eigenvalue weighted by molar-refractivity contribution is 7.99. The van der Waals surface area contributed by atoms with E-state index in [9.17, 15) is 20.1 Å². The summed E-state index contributed by atoms with van der Waals surface area (Å²) in [6.07, 6.45) is 1.59. The minimum absolute atomic E-state index is 0.197. The number of aliphatic hydroxyl groups excluding tert-OH is 3. The van der Waals surface area contributed by atoms with Crippen molar-refractivity contribution in [3.05, 3.63) is 0 Å². The number of hydrogen-bond donors (Lipinski definition) is 5. The van der Waals surface area contributed by atoms with E-state index in [-0.39, 0.29) is 11.9 Å². The first-order valence-corrected chi connectivity index (χ1v) is 12.5. The second kappa shape index (κ2) is 12.3.